The number of fused-ring (bicyclic) bond motifs is 1. The van der Waals surface area contributed by atoms with Crippen LogP contribution in [0.15, 0.2) is 48.5 Å². The summed E-state index contributed by atoms with van der Waals surface area (Å²) in [6.45, 7) is 4.10. The fourth-order valence-corrected chi connectivity index (χ4v) is 5.84. The van der Waals surface area contributed by atoms with E-state index >= 15 is 0 Å². The van der Waals surface area contributed by atoms with Gasteiger partial charge in [0.15, 0.2) is 0 Å². The Hall–Kier alpha value is -2.59. The number of likely N-dealkylation sites (tertiary alicyclic amines) is 1. The highest BCUT2D eigenvalue weighted by Crippen LogP contribution is 2.40. The molecular weight excluding hydrogens is 396 g/mol. The molecule has 2 heterocycles. The molecule has 2 fully saturated rings. The Labute approximate surface area is 190 Å². The molecule has 0 radical (unpaired) electrons. The highest BCUT2D eigenvalue weighted by molar-refractivity contribution is 5.88. The van der Waals surface area contributed by atoms with Crippen LogP contribution in [0.2, 0.25) is 0 Å². The number of hydrogen-bond donors (Lipinski definition) is 1. The average molecular weight is 431 g/mol. The third kappa shape index (κ3) is 3.97. The van der Waals surface area contributed by atoms with Gasteiger partial charge in [-0.15, -0.1) is 0 Å². The van der Waals surface area contributed by atoms with E-state index < -0.39 is 0 Å². The van der Waals surface area contributed by atoms with E-state index in [1.165, 1.54) is 34.1 Å². The van der Waals surface area contributed by atoms with Gasteiger partial charge in [0.05, 0.1) is 6.61 Å². The highest BCUT2D eigenvalue weighted by Gasteiger charge is 2.32. The van der Waals surface area contributed by atoms with E-state index in [0.29, 0.717) is 11.9 Å². The van der Waals surface area contributed by atoms with Crippen LogP contribution in [0.4, 0.5) is 0 Å². The molecule has 168 valence electrons. The fourth-order valence-electron chi connectivity index (χ4n) is 5.84. The molecule has 5 rings (SSSR count). The Kier molecular flexibility index (Phi) is 6.05. The number of para-hydroxylation sites is 1. The summed E-state index contributed by atoms with van der Waals surface area (Å²) in [6.07, 6.45) is 7.64. The van der Waals surface area contributed by atoms with E-state index in [4.69, 9.17) is 0 Å². The number of aliphatic hydroxyl groups is 1. The number of hydrogen-bond acceptors (Lipinski definition) is 2. The van der Waals surface area contributed by atoms with Gasteiger partial charge in [-0.05, 0) is 75.1 Å². The Bertz CT molecular complexity index is 1100. The van der Waals surface area contributed by atoms with Crippen LogP contribution < -0.4 is 0 Å². The predicted octanol–water partition coefficient (Wildman–Crippen LogP) is 5.85. The van der Waals surface area contributed by atoms with Crippen molar-refractivity contribution in [2.75, 3.05) is 13.1 Å². The summed E-state index contributed by atoms with van der Waals surface area (Å²) in [5.41, 5.74) is 5.89. The van der Waals surface area contributed by atoms with E-state index in [1.54, 1.807) is 0 Å². The fraction of sp³-hybridized carbons (Fsp3) is 0.464. The molecule has 1 aliphatic carbocycles. The van der Waals surface area contributed by atoms with Gasteiger partial charge in [-0.1, -0.05) is 36.4 Å². The minimum Gasteiger partial charge on any atom is -0.392 e. The zero-order valence-electron chi connectivity index (χ0n) is 19.1. The van der Waals surface area contributed by atoms with Crippen molar-refractivity contribution in [1.29, 1.82) is 0 Å². The van der Waals surface area contributed by atoms with E-state index in [0.717, 1.165) is 57.2 Å². The quantitative estimate of drug-likeness (QED) is 0.564. The average Bonchev–Trinajstić information content (AvgIpc) is 3.23. The number of aryl methyl sites for hydroxylation is 1. The molecule has 1 aliphatic heterocycles. The molecule has 0 bridgehead atoms. The first kappa shape index (κ1) is 21.3. The number of rotatable bonds is 4. The van der Waals surface area contributed by atoms with Crippen LogP contribution in [0.25, 0.3) is 22.2 Å². The number of carbonyl (C=O) groups excluding carboxylic acids is 1. The molecule has 4 nitrogen and oxygen atoms in total. The van der Waals surface area contributed by atoms with Crippen molar-refractivity contribution in [2.24, 2.45) is 5.92 Å². The largest absolute Gasteiger partial charge is 0.392 e. The lowest BCUT2D eigenvalue weighted by Crippen LogP contribution is -2.40. The van der Waals surface area contributed by atoms with Gasteiger partial charge in [0.25, 0.3) is 0 Å². The van der Waals surface area contributed by atoms with Gasteiger partial charge in [-0.25, -0.2) is 0 Å². The van der Waals surface area contributed by atoms with Crippen molar-refractivity contribution in [2.45, 2.75) is 64.5 Å². The number of amides is 1. The van der Waals surface area contributed by atoms with Gasteiger partial charge in [-0.2, -0.15) is 0 Å². The number of carbonyl (C=O) groups is 1. The van der Waals surface area contributed by atoms with Crippen LogP contribution in [0.3, 0.4) is 0 Å². The summed E-state index contributed by atoms with van der Waals surface area (Å²) in [4.78, 5) is 15.2. The maximum Gasteiger partial charge on any atom is 0.225 e. The van der Waals surface area contributed by atoms with Gasteiger partial charge in [0.2, 0.25) is 5.91 Å². The van der Waals surface area contributed by atoms with Crippen molar-refractivity contribution in [3.63, 3.8) is 0 Å². The van der Waals surface area contributed by atoms with E-state index in [2.05, 4.69) is 58.9 Å². The normalized spacial score (nSPS) is 21.8. The van der Waals surface area contributed by atoms with Gasteiger partial charge in [0.1, 0.15) is 0 Å². The molecule has 0 spiro atoms. The molecule has 3 aromatic rings. The maximum atomic E-state index is 13.1. The molecule has 1 saturated carbocycles. The molecule has 0 atom stereocenters. The molecule has 32 heavy (non-hydrogen) atoms. The Balaban J connectivity index is 1.43. The standard InChI is InChI=1S/C28H34N2O2/c1-20-17-21(19-31)9-14-25(20)27-18-23-7-3-4-8-26(23)30(27)24-12-10-22(11-13-24)28(32)29-15-5-2-6-16-29/h3-4,7-9,14,17-18,22,24,31H,2,5-6,10-13,15-16,19H2,1H3. The van der Waals surface area contributed by atoms with E-state index in [9.17, 15) is 9.90 Å². The second kappa shape index (κ2) is 9.11. The van der Waals surface area contributed by atoms with Crippen molar-refractivity contribution in [1.82, 2.24) is 9.47 Å². The maximum absolute atomic E-state index is 13.1. The summed E-state index contributed by atoms with van der Waals surface area (Å²) in [5, 5.41) is 10.8. The first-order chi connectivity index (χ1) is 15.7. The first-order valence-electron chi connectivity index (χ1n) is 12.2. The third-order valence-corrected chi connectivity index (χ3v) is 7.58. The van der Waals surface area contributed by atoms with Crippen LogP contribution in [0.1, 0.15) is 62.1 Å². The Morgan fingerprint density at radius 1 is 0.969 bits per heavy atom. The molecule has 4 heteroatoms. The molecule has 0 unspecified atom stereocenters. The molecule has 2 aliphatic rings. The summed E-state index contributed by atoms with van der Waals surface area (Å²) >= 11 is 0. The van der Waals surface area contributed by atoms with E-state index in [1.807, 2.05) is 6.07 Å². The summed E-state index contributed by atoms with van der Waals surface area (Å²) in [6, 6.07) is 17.6. The smallest absolute Gasteiger partial charge is 0.225 e. The van der Waals surface area contributed by atoms with Gasteiger partial charge >= 0.3 is 0 Å². The predicted molar refractivity (Wildman–Crippen MR) is 129 cm³/mol. The van der Waals surface area contributed by atoms with Crippen LogP contribution >= 0.6 is 0 Å². The molecular formula is C28H34N2O2. The van der Waals surface area contributed by atoms with Gasteiger partial charge < -0.3 is 14.6 Å². The number of nitrogens with zero attached hydrogens (tertiary/aromatic N) is 2. The molecule has 1 saturated heterocycles. The van der Waals surface area contributed by atoms with Crippen LogP contribution in [-0.4, -0.2) is 33.6 Å². The highest BCUT2D eigenvalue weighted by atomic mass is 16.3. The second-order valence-corrected chi connectivity index (χ2v) is 9.66. The zero-order valence-corrected chi connectivity index (χ0v) is 19.1. The number of piperidine rings is 1. The SMILES string of the molecule is Cc1cc(CO)ccc1-c1cc2ccccc2n1C1CCC(C(=O)N2CCCCC2)CC1. The lowest BCUT2D eigenvalue weighted by Gasteiger charge is -2.35. The Morgan fingerprint density at radius 2 is 1.72 bits per heavy atom. The van der Waals surface area contributed by atoms with Gasteiger partial charge in [0, 0.05) is 47.2 Å². The summed E-state index contributed by atoms with van der Waals surface area (Å²) < 4.78 is 2.53. The number of aromatic nitrogens is 1. The second-order valence-electron chi connectivity index (χ2n) is 9.66. The Morgan fingerprint density at radius 3 is 2.44 bits per heavy atom. The van der Waals surface area contributed by atoms with Crippen molar-refractivity contribution in [3.8, 4) is 11.3 Å². The van der Waals surface area contributed by atoms with Gasteiger partial charge in [-0.3, -0.25) is 4.79 Å². The molecule has 1 N–H and O–H groups in total. The van der Waals surface area contributed by atoms with E-state index in [-0.39, 0.29) is 12.5 Å². The van der Waals surface area contributed by atoms with Crippen LogP contribution in [-0.2, 0) is 11.4 Å². The molecule has 1 aromatic heterocycles. The number of aliphatic hydroxyl groups excluding tert-OH is 1. The van der Waals surface area contributed by atoms with Crippen molar-refractivity contribution < 1.29 is 9.90 Å². The monoisotopic (exact) mass is 430 g/mol. The zero-order chi connectivity index (χ0) is 22.1. The first-order valence-corrected chi connectivity index (χ1v) is 12.2. The third-order valence-electron chi connectivity index (χ3n) is 7.58. The van der Waals surface area contributed by atoms with Crippen molar-refractivity contribution >= 4 is 16.8 Å². The minimum absolute atomic E-state index is 0.0686. The number of benzene rings is 2. The summed E-state index contributed by atoms with van der Waals surface area (Å²) in [7, 11) is 0. The molecule has 2 aromatic carbocycles. The minimum atomic E-state index is 0.0686. The van der Waals surface area contributed by atoms with Crippen molar-refractivity contribution in [3.05, 3.63) is 59.7 Å². The van der Waals surface area contributed by atoms with Crippen LogP contribution in [0.5, 0.6) is 0 Å². The lowest BCUT2D eigenvalue weighted by atomic mass is 9.84. The lowest BCUT2D eigenvalue weighted by molar-refractivity contribution is -0.137. The summed E-state index contributed by atoms with van der Waals surface area (Å²) in [5.74, 6) is 0.594. The molecule has 1 amide bonds. The van der Waals surface area contributed by atoms with Crippen LogP contribution in [0, 0.1) is 12.8 Å². The topological polar surface area (TPSA) is 45.5 Å².